The normalized spacial score (nSPS) is 19.9. The number of hydrogen-bond donors (Lipinski definition) is 1. The van der Waals surface area contributed by atoms with Crippen molar-refractivity contribution in [2.24, 2.45) is 0 Å². The second-order valence-electron chi connectivity index (χ2n) is 6.18. The van der Waals surface area contributed by atoms with Gasteiger partial charge in [0, 0.05) is 29.5 Å². The van der Waals surface area contributed by atoms with Crippen LogP contribution in [0.2, 0.25) is 5.02 Å². The Morgan fingerprint density at radius 1 is 1.30 bits per heavy atom. The van der Waals surface area contributed by atoms with Crippen molar-refractivity contribution in [1.82, 2.24) is 0 Å². The Morgan fingerprint density at radius 3 is 2.65 bits per heavy atom. The summed E-state index contributed by atoms with van der Waals surface area (Å²) in [5.41, 5.74) is 1.55. The van der Waals surface area contributed by atoms with Crippen molar-refractivity contribution in [3.05, 3.63) is 22.2 Å². The first kappa shape index (κ1) is 14.0. The van der Waals surface area contributed by atoms with Gasteiger partial charge in [0.25, 0.3) is 0 Å². The Hall–Kier alpha value is -0.930. The minimum absolute atomic E-state index is 0.279. The summed E-state index contributed by atoms with van der Waals surface area (Å²) in [7, 11) is 0. The summed E-state index contributed by atoms with van der Waals surface area (Å²) < 4.78 is 11.7. The van der Waals surface area contributed by atoms with Gasteiger partial charge in [-0.1, -0.05) is 25.4 Å². The van der Waals surface area contributed by atoms with Crippen molar-refractivity contribution in [3.63, 3.8) is 0 Å². The number of hydrogen-bond acceptors (Lipinski definition) is 3. The van der Waals surface area contributed by atoms with Crippen LogP contribution in [-0.2, 0) is 6.42 Å². The first-order chi connectivity index (χ1) is 9.50. The summed E-state index contributed by atoms with van der Waals surface area (Å²) >= 11 is 6.45. The van der Waals surface area contributed by atoms with E-state index >= 15 is 0 Å². The Labute approximate surface area is 124 Å². The maximum atomic E-state index is 10.2. The number of halogens is 1. The topological polar surface area (TPSA) is 38.7 Å². The fourth-order valence-corrected chi connectivity index (χ4v) is 3.05. The second kappa shape index (κ2) is 5.12. The lowest BCUT2D eigenvalue weighted by Gasteiger charge is -2.22. The lowest BCUT2D eigenvalue weighted by Crippen LogP contribution is -2.14. The summed E-state index contributed by atoms with van der Waals surface area (Å²) in [5.74, 6) is 1.84. The van der Waals surface area contributed by atoms with Crippen LogP contribution >= 0.6 is 11.6 Å². The maximum absolute atomic E-state index is 10.2. The first-order valence-electron chi connectivity index (χ1n) is 7.33. The average molecular weight is 297 g/mol. The highest BCUT2D eigenvalue weighted by Gasteiger charge is 2.42. The van der Waals surface area contributed by atoms with Crippen LogP contribution in [0.15, 0.2) is 6.07 Å². The summed E-state index contributed by atoms with van der Waals surface area (Å²) in [6.07, 6.45) is 3.20. The third-order valence-electron chi connectivity index (χ3n) is 4.04. The summed E-state index contributed by atoms with van der Waals surface area (Å²) in [4.78, 5) is 0. The fraction of sp³-hybridized carbons (Fsp3) is 0.625. The van der Waals surface area contributed by atoms with Gasteiger partial charge in [0.1, 0.15) is 0 Å². The Balaban J connectivity index is 2.10. The highest BCUT2D eigenvalue weighted by atomic mass is 35.5. The number of fused-ring (bicyclic) bond motifs is 1. The van der Waals surface area contributed by atoms with Crippen molar-refractivity contribution in [2.45, 2.75) is 51.0 Å². The molecule has 0 atom stereocenters. The predicted octanol–water partition coefficient (Wildman–Crippen LogP) is 3.69. The molecule has 4 heteroatoms. The SMILES string of the molecule is CC(C)c1c(CC2(O)CC2)c(Cl)cc2c1OCCCO2. The van der Waals surface area contributed by atoms with Crippen molar-refractivity contribution >= 4 is 11.6 Å². The van der Waals surface area contributed by atoms with Crippen LogP contribution in [0, 0.1) is 0 Å². The molecule has 1 N–H and O–H groups in total. The van der Waals surface area contributed by atoms with Gasteiger partial charge in [-0.05, 0) is 24.3 Å². The molecule has 0 saturated heterocycles. The van der Waals surface area contributed by atoms with Crippen molar-refractivity contribution < 1.29 is 14.6 Å². The smallest absolute Gasteiger partial charge is 0.164 e. The Bertz CT molecular complexity index is 521. The standard InChI is InChI=1S/C16H21ClO3/c1-10(2)14-11(9-16(18)4-5-16)12(17)8-13-15(14)20-7-3-6-19-13/h8,10,18H,3-7,9H2,1-2H3. The summed E-state index contributed by atoms with van der Waals surface area (Å²) in [6, 6.07) is 1.84. The number of ether oxygens (including phenoxy) is 2. The van der Waals surface area contributed by atoms with E-state index in [0.717, 1.165) is 41.9 Å². The van der Waals surface area contributed by atoms with E-state index in [1.165, 1.54) is 0 Å². The molecular formula is C16H21ClO3. The minimum atomic E-state index is -0.562. The number of rotatable bonds is 3. The average Bonchev–Trinajstić information content (AvgIpc) is 3.13. The Morgan fingerprint density at radius 2 is 2.00 bits per heavy atom. The van der Waals surface area contributed by atoms with Crippen LogP contribution in [0.5, 0.6) is 11.5 Å². The molecule has 3 rings (SSSR count). The van der Waals surface area contributed by atoms with E-state index in [9.17, 15) is 5.11 Å². The molecule has 1 aromatic carbocycles. The van der Waals surface area contributed by atoms with Gasteiger partial charge in [-0.2, -0.15) is 0 Å². The molecule has 110 valence electrons. The monoisotopic (exact) mass is 296 g/mol. The molecule has 0 bridgehead atoms. The lowest BCUT2D eigenvalue weighted by molar-refractivity contribution is 0.150. The summed E-state index contributed by atoms with van der Waals surface area (Å²) in [5, 5.41) is 10.9. The van der Waals surface area contributed by atoms with Crippen LogP contribution in [0.4, 0.5) is 0 Å². The molecule has 2 aliphatic rings. The zero-order valence-electron chi connectivity index (χ0n) is 12.0. The van der Waals surface area contributed by atoms with Gasteiger partial charge in [-0.3, -0.25) is 0 Å². The summed E-state index contributed by atoms with van der Waals surface area (Å²) in [6.45, 7) is 5.57. The van der Waals surface area contributed by atoms with E-state index in [-0.39, 0.29) is 5.92 Å². The van der Waals surface area contributed by atoms with Crippen LogP contribution in [-0.4, -0.2) is 23.9 Å². The first-order valence-corrected chi connectivity index (χ1v) is 7.71. The molecule has 0 amide bonds. The van der Waals surface area contributed by atoms with Gasteiger partial charge in [-0.25, -0.2) is 0 Å². The molecule has 1 heterocycles. The van der Waals surface area contributed by atoms with Crippen LogP contribution in [0.3, 0.4) is 0 Å². The van der Waals surface area contributed by atoms with E-state index in [1.807, 2.05) is 6.07 Å². The molecule has 1 aliphatic heterocycles. The van der Waals surface area contributed by atoms with E-state index < -0.39 is 5.60 Å². The number of benzene rings is 1. The van der Waals surface area contributed by atoms with E-state index in [0.29, 0.717) is 24.7 Å². The molecule has 0 unspecified atom stereocenters. The van der Waals surface area contributed by atoms with Crippen molar-refractivity contribution in [2.75, 3.05) is 13.2 Å². The molecule has 0 aromatic heterocycles. The molecule has 20 heavy (non-hydrogen) atoms. The van der Waals surface area contributed by atoms with Gasteiger partial charge in [0.2, 0.25) is 0 Å². The third kappa shape index (κ3) is 2.61. The van der Waals surface area contributed by atoms with Crippen LogP contribution < -0.4 is 9.47 Å². The fourth-order valence-electron chi connectivity index (χ4n) is 2.78. The third-order valence-corrected chi connectivity index (χ3v) is 4.38. The molecule has 1 aromatic rings. The maximum Gasteiger partial charge on any atom is 0.164 e. The highest BCUT2D eigenvalue weighted by molar-refractivity contribution is 6.31. The van der Waals surface area contributed by atoms with Gasteiger partial charge < -0.3 is 14.6 Å². The second-order valence-corrected chi connectivity index (χ2v) is 6.59. The van der Waals surface area contributed by atoms with Gasteiger partial charge in [0.15, 0.2) is 11.5 Å². The van der Waals surface area contributed by atoms with E-state index in [1.54, 1.807) is 0 Å². The number of aliphatic hydroxyl groups is 1. The Kier molecular flexibility index (Phi) is 3.59. The predicted molar refractivity (Wildman–Crippen MR) is 79.0 cm³/mol. The molecule has 0 radical (unpaired) electrons. The van der Waals surface area contributed by atoms with Crippen LogP contribution in [0.25, 0.3) is 0 Å². The zero-order valence-corrected chi connectivity index (χ0v) is 12.8. The van der Waals surface area contributed by atoms with Crippen molar-refractivity contribution in [3.8, 4) is 11.5 Å². The molecule has 1 fully saturated rings. The molecule has 0 spiro atoms. The molecule has 1 aliphatic carbocycles. The molecule has 3 nitrogen and oxygen atoms in total. The van der Waals surface area contributed by atoms with E-state index in [2.05, 4.69) is 13.8 Å². The zero-order chi connectivity index (χ0) is 14.3. The van der Waals surface area contributed by atoms with Gasteiger partial charge in [0.05, 0.1) is 18.8 Å². The van der Waals surface area contributed by atoms with Crippen molar-refractivity contribution in [1.29, 1.82) is 0 Å². The van der Waals surface area contributed by atoms with E-state index in [4.69, 9.17) is 21.1 Å². The van der Waals surface area contributed by atoms with Gasteiger partial charge in [-0.15, -0.1) is 0 Å². The highest BCUT2D eigenvalue weighted by Crippen LogP contribution is 2.47. The minimum Gasteiger partial charge on any atom is -0.489 e. The lowest BCUT2D eigenvalue weighted by atomic mass is 9.91. The van der Waals surface area contributed by atoms with Crippen LogP contribution in [0.1, 0.15) is 50.2 Å². The molecule has 1 saturated carbocycles. The quantitative estimate of drug-likeness (QED) is 0.924. The largest absolute Gasteiger partial charge is 0.489 e. The molecular weight excluding hydrogens is 276 g/mol. The van der Waals surface area contributed by atoms with Gasteiger partial charge >= 0.3 is 0 Å².